The lowest BCUT2D eigenvalue weighted by atomic mass is 9.68. The molecule has 6 nitrogen and oxygen atoms in total. The number of alkyl halides is 3. The third kappa shape index (κ3) is 4.64. The predicted molar refractivity (Wildman–Crippen MR) is 170 cm³/mol. The molecule has 0 radical (unpaired) electrons. The molecular formula is C33H23Cl2F3N2O4S2. The van der Waals surface area contributed by atoms with Gasteiger partial charge in [-0.15, -0.1) is 11.8 Å². The van der Waals surface area contributed by atoms with Gasteiger partial charge in [-0.05, 0) is 72.2 Å². The summed E-state index contributed by atoms with van der Waals surface area (Å²) in [6.07, 6.45) is -4.16. The van der Waals surface area contributed by atoms with Crippen molar-refractivity contribution in [2.24, 2.45) is 29.6 Å². The fourth-order valence-corrected chi connectivity index (χ4v) is 11.5. The van der Waals surface area contributed by atoms with Crippen molar-refractivity contribution in [3.63, 3.8) is 0 Å². The minimum Gasteiger partial charge on any atom is -0.489 e. The number of aromatic nitrogens is 1. The van der Waals surface area contributed by atoms with Crippen molar-refractivity contribution >= 4 is 63.8 Å². The molecule has 4 aliphatic rings. The third-order valence-corrected chi connectivity index (χ3v) is 12.8. The Kier molecular flexibility index (Phi) is 7.13. The molecule has 2 aliphatic carbocycles. The number of nitrogens with one attached hydrogen (secondary N) is 1. The first-order valence-corrected chi connectivity index (χ1v) is 17.1. The first-order chi connectivity index (χ1) is 22.0. The Balaban J connectivity index is 1.20. The Morgan fingerprint density at radius 2 is 1.65 bits per heavy atom. The minimum absolute atomic E-state index is 0.164. The molecule has 0 unspecified atom stereocenters. The summed E-state index contributed by atoms with van der Waals surface area (Å²) in [4.78, 5) is 45.0. The van der Waals surface area contributed by atoms with E-state index in [2.05, 4.69) is 4.98 Å². The molecule has 8 rings (SSSR count). The minimum atomic E-state index is -4.74. The largest absolute Gasteiger partial charge is 0.489 e. The molecule has 13 heteroatoms. The lowest BCUT2D eigenvalue weighted by Crippen LogP contribution is -2.42. The number of thiazole rings is 1. The van der Waals surface area contributed by atoms with Gasteiger partial charge in [-0.3, -0.25) is 14.4 Å². The van der Waals surface area contributed by atoms with Crippen LogP contribution in [0.3, 0.4) is 0 Å². The fraction of sp³-hybridized carbons (Fsp3) is 0.303. The number of para-hydroxylation sites is 1. The van der Waals surface area contributed by atoms with Crippen LogP contribution in [0.15, 0.2) is 76.6 Å². The van der Waals surface area contributed by atoms with Crippen LogP contribution in [-0.2, 0) is 22.4 Å². The average Bonchev–Trinajstić information content (AvgIpc) is 3.75. The Hall–Kier alpha value is -3.25. The van der Waals surface area contributed by atoms with Crippen molar-refractivity contribution < 1.29 is 27.5 Å². The number of nitrogens with zero attached hydrogens (tertiary/aromatic N) is 1. The normalized spacial score (nSPS) is 27.9. The second kappa shape index (κ2) is 10.9. The number of aromatic amines is 1. The van der Waals surface area contributed by atoms with E-state index in [1.54, 1.807) is 18.2 Å². The monoisotopic (exact) mass is 702 g/mol. The zero-order chi connectivity index (χ0) is 32.1. The summed E-state index contributed by atoms with van der Waals surface area (Å²) in [6, 6.07) is 17.3. The highest BCUT2D eigenvalue weighted by molar-refractivity contribution is 8.00. The Bertz CT molecular complexity index is 1980. The van der Waals surface area contributed by atoms with Gasteiger partial charge in [0.1, 0.15) is 12.4 Å². The maximum atomic E-state index is 14.1. The molecule has 1 saturated heterocycles. The highest BCUT2D eigenvalue weighted by Gasteiger charge is 2.70. The summed E-state index contributed by atoms with van der Waals surface area (Å²) >= 11 is 15.3. The van der Waals surface area contributed by atoms with Crippen molar-refractivity contribution in [3.8, 4) is 5.75 Å². The van der Waals surface area contributed by atoms with Gasteiger partial charge in [0.25, 0.3) is 0 Å². The first-order valence-electron chi connectivity index (χ1n) is 14.6. The van der Waals surface area contributed by atoms with Gasteiger partial charge in [-0.1, -0.05) is 58.8 Å². The zero-order valence-corrected chi connectivity index (χ0v) is 26.7. The molecule has 3 fully saturated rings. The Labute approximate surface area is 278 Å². The lowest BCUT2D eigenvalue weighted by Gasteiger charge is -2.43. The van der Waals surface area contributed by atoms with E-state index in [9.17, 15) is 27.6 Å². The van der Waals surface area contributed by atoms with Crippen molar-refractivity contribution in [3.05, 3.63) is 108 Å². The smallest absolute Gasteiger partial charge is 0.418 e. The molecule has 2 aliphatic heterocycles. The van der Waals surface area contributed by atoms with Crippen molar-refractivity contribution in [2.45, 2.75) is 35.4 Å². The van der Waals surface area contributed by atoms with E-state index in [0.29, 0.717) is 27.2 Å². The molecular weight excluding hydrogens is 680 g/mol. The van der Waals surface area contributed by atoms with E-state index in [-0.39, 0.29) is 34.5 Å². The van der Waals surface area contributed by atoms with Crippen molar-refractivity contribution in [2.75, 3.05) is 4.90 Å². The van der Waals surface area contributed by atoms with Gasteiger partial charge in [-0.25, -0.2) is 4.90 Å². The van der Waals surface area contributed by atoms with Gasteiger partial charge in [0, 0.05) is 31.7 Å². The van der Waals surface area contributed by atoms with Crippen LogP contribution in [0, 0.1) is 29.6 Å². The number of benzene rings is 3. The van der Waals surface area contributed by atoms with Crippen LogP contribution in [0.2, 0.25) is 10.0 Å². The number of anilines is 1. The van der Waals surface area contributed by atoms with E-state index < -0.39 is 47.0 Å². The van der Waals surface area contributed by atoms with Gasteiger partial charge >= 0.3 is 11.0 Å². The van der Waals surface area contributed by atoms with E-state index in [1.165, 1.54) is 30.0 Å². The third-order valence-electron chi connectivity index (χ3n) is 9.76. The molecule has 1 N–H and O–H groups in total. The second-order valence-electron chi connectivity index (χ2n) is 12.1. The number of carbonyl (C=O) groups is 2. The number of amides is 2. The quantitative estimate of drug-likeness (QED) is 0.213. The first kappa shape index (κ1) is 30.1. The number of ether oxygens (including phenoxy) is 1. The summed E-state index contributed by atoms with van der Waals surface area (Å²) in [7, 11) is 0. The fourth-order valence-electron chi connectivity index (χ4n) is 8.19. The van der Waals surface area contributed by atoms with E-state index in [4.69, 9.17) is 27.9 Å². The number of H-pyrrole nitrogens is 1. The summed E-state index contributed by atoms with van der Waals surface area (Å²) in [6.45, 7) is 0.221. The Morgan fingerprint density at radius 1 is 0.913 bits per heavy atom. The Morgan fingerprint density at radius 3 is 2.41 bits per heavy atom. The molecule has 4 aromatic rings. The summed E-state index contributed by atoms with van der Waals surface area (Å²) in [5.74, 6) is -3.30. The molecule has 2 amide bonds. The van der Waals surface area contributed by atoms with Crippen LogP contribution >= 0.6 is 46.3 Å². The standard InChI is InChI=1S/C33H23Cl2F3N2O4S2/c34-15-5-3-4-14(10-15)13-44-22-9-8-16(35)11-17(22)23-24-18-12-19(27(24)45-29-28(23)46-32(43)39-29)26-25(18)30(41)40(31(26)42)21-7-2-1-6-20(21)33(36,37)38/h1-11,18-19,23-27H,12-13H2,(H,39,43)/t18-,19-,23+,24+,25+,26+,27-/m1/s1. The van der Waals surface area contributed by atoms with Crippen molar-refractivity contribution in [1.29, 1.82) is 0 Å². The van der Waals surface area contributed by atoms with Crippen LogP contribution in [0.5, 0.6) is 5.75 Å². The molecule has 2 saturated carbocycles. The molecule has 7 atom stereocenters. The van der Waals surface area contributed by atoms with Gasteiger partial charge in [0.15, 0.2) is 0 Å². The molecule has 2 bridgehead atoms. The number of imide groups is 1. The number of fused-ring (bicyclic) bond motifs is 9. The van der Waals surface area contributed by atoms with Crippen LogP contribution in [0.25, 0.3) is 0 Å². The van der Waals surface area contributed by atoms with Gasteiger partial charge in [0.05, 0.1) is 28.1 Å². The van der Waals surface area contributed by atoms with Crippen LogP contribution < -0.4 is 14.5 Å². The molecule has 3 heterocycles. The highest BCUT2D eigenvalue weighted by Crippen LogP contribution is 2.69. The van der Waals surface area contributed by atoms with Gasteiger partial charge < -0.3 is 9.72 Å². The second-order valence-corrected chi connectivity index (χ2v) is 15.2. The SMILES string of the molecule is O=C1[C@H]2[C@H]3C[C@@H]([C@@H]2C(=O)N1c1ccccc1C(F)(F)F)[C@H]1[C@H](c2cc(Cl)ccc2OCc2cccc(Cl)c2)c2sc(=O)[nH]c2S[C@H]31. The molecule has 46 heavy (non-hydrogen) atoms. The van der Waals surface area contributed by atoms with Crippen LogP contribution in [-0.4, -0.2) is 22.0 Å². The maximum Gasteiger partial charge on any atom is 0.418 e. The summed E-state index contributed by atoms with van der Waals surface area (Å²) in [5.41, 5.74) is 0.158. The molecule has 1 aromatic heterocycles. The number of carbonyl (C=O) groups excluding carboxylic acids is 2. The maximum absolute atomic E-state index is 14.1. The van der Waals surface area contributed by atoms with E-state index in [1.807, 2.05) is 24.3 Å². The van der Waals surface area contributed by atoms with Gasteiger partial charge in [-0.2, -0.15) is 13.2 Å². The zero-order valence-electron chi connectivity index (χ0n) is 23.6. The number of thioether (sulfide) groups is 1. The molecule has 0 spiro atoms. The number of hydrogen-bond acceptors (Lipinski definition) is 6. The lowest BCUT2D eigenvalue weighted by molar-refractivity contribution is -0.137. The number of rotatable bonds is 5. The van der Waals surface area contributed by atoms with Crippen LogP contribution in [0.4, 0.5) is 18.9 Å². The summed E-state index contributed by atoms with van der Waals surface area (Å²) < 4.78 is 48.3. The molecule has 3 aromatic carbocycles. The van der Waals surface area contributed by atoms with Crippen LogP contribution in [0.1, 0.15) is 33.9 Å². The highest BCUT2D eigenvalue weighted by atomic mass is 35.5. The topological polar surface area (TPSA) is 79.5 Å². The van der Waals surface area contributed by atoms with Gasteiger partial charge in [0.2, 0.25) is 11.8 Å². The predicted octanol–water partition coefficient (Wildman–Crippen LogP) is 8.02. The van der Waals surface area contributed by atoms with E-state index in [0.717, 1.165) is 38.3 Å². The van der Waals surface area contributed by atoms with E-state index >= 15 is 0 Å². The average molecular weight is 704 g/mol. The summed E-state index contributed by atoms with van der Waals surface area (Å²) in [5, 5.41) is 1.57. The number of hydrogen-bond donors (Lipinski definition) is 1. The van der Waals surface area contributed by atoms with Crippen molar-refractivity contribution in [1.82, 2.24) is 4.98 Å². The molecule has 236 valence electrons. The number of halogens is 5.